The molecule has 1 fully saturated rings. The third-order valence-electron chi connectivity index (χ3n) is 3.52. The van der Waals surface area contributed by atoms with Crippen LogP contribution in [0.25, 0.3) is 0 Å². The van der Waals surface area contributed by atoms with Crippen molar-refractivity contribution >= 4 is 27.5 Å². The van der Waals surface area contributed by atoms with Crippen LogP contribution in [0.5, 0.6) is 0 Å². The number of amides is 1. The summed E-state index contributed by atoms with van der Waals surface area (Å²) in [5, 5.41) is 2.67. The van der Waals surface area contributed by atoms with Crippen molar-refractivity contribution in [1.29, 1.82) is 0 Å². The van der Waals surface area contributed by atoms with Gasteiger partial charge >= 0.3 is 0 Å². The van der Waals surface area contributed by atoms with Gasteiger partial charge in [-0.1, -0.05) is 0 Å². The van der Waals surface area contributed by atoms with E-state index in [0.29, 0.717) is 5.69 Å². The van der Waals surface area contributed by atoms with Crippen LogP contribution in [0.2, 0.25) is 0 Å². The molecule has 0 aromatic heterocycles. The highest BCUT2D eigenvalue weighted by atomic mass is 32.2. The lowest BCUT2D eigenvalue weighted by atomic mass is 10.2. The second-order valence-electron chi connectivity index (χ2n) is 5.40. The molecule has 2 N–H and O–H groups in total. The van der Waals surface area contributed by atoms with Crippen molar-refractivity contribution in [3.8, 4) is 0 Å². The highest BCUT2D eigenvalue weighted by molar-refractivity contribution is 7.87. The minimum absolute atomic E-state index is 0.297. The fraction of sp³-hybridized carbons (Fsp3) is 0.500. The molecule has 0 spiro atoms. The van der Waals surface area contributed by atoms with Crippen molar-refractivity contribution in [1.82, 2.24) is 9.03 Å². The van der Waals surface area contributed by atoms with Gasteiger partial charge in [-0.3, -0.25) is 4.79 Å². The SMILES string of the molecule is CN(C)S(=O)(=O)NCC(=O)Nc1ccc(N2CCCC2)cc1. The van der Waals surface area contributed by atoms with Crippen molar-refractivity contribution in [2.24, 2.45) is 0 Å². The van der Waals surface area contributed by atoms with Crippen molar-refractivity contribution in [3.63, 3.8) is 0 Å². The Hall–Kier alpha value is -1.64. The standard InChI is InChI=1S/C14H22N4O3S/c1-17(2)22(20,21)15-11-14(19)16-12-5-7-13(8-6-12)18-9-3-4-10-18/h5-8,15H,3-4,9-11H2,1-2H3,(H,16,19). The van der Waals surface area contributed by atoms with E-state index in [9.17, 15) is 13.2 Å². The van der Waals surface area contributed by atoms with Crippen LogP contribution in [-0.2, 0) is 15.0 Å². The zero-order chi connectivity index (χ0) is 16.2. The number of anilines is 2. The maximum Gasteiger partial charge on any atom is 0.279 e. The first-order valence-corrected chi connectivity index (χ1v) is 8.64. The highest BCUT2D eigenvalue weighted by Gasteiger charge is 2.15. The van der Waals surface area contributed by atoms with Crippen LogP contribution in [0, 0.1) is 0 Å². The number of carbonyl (C=O) groups excluding carboxylic acids is 1. The fourth-order valence-electron chi connectivity index (χ4n) is 2.22. The highest BCUT2D eigenvalue weighted by Crippen LogP contribution is 2.21. The predicted octanol–water partition coefficient (Wildman–Crippen LogP) is 0.621. The van der Waals surface area contributed by atoms with E-state index in [1.807, 2.05) is 24.3 Å². The lowest BCUT2D eigenvalue weighted by molar-refractivity contribution is -0.115. The molecule has 122 valence electrons. The van der Waals surface area contributed by atoms with E-state index >= 15 is 0 Å². The van der Waals surface area contributed by atoms with Crippen molar-refractivity contribution in [2.75, 3.05) is 43.9 Å². The average Bonchev–Trinajstić information content (AvgIpc) is 3.00. The van der Waals surface area contributed by atoms with Crippen molar-refractivity contribution in [2.45, 2.75) is 12.8 Å². The first kappa shape index (κ1) is 16.7. The van der Waals surface area contributed by atoms with Crippen LogP contribution in [0.1, 0.15) is 12.8 Å². The minimum atomic E-state index is -3.59. The topological polar surface area (TPSA) is 81.8 Å². The van der Waals surface area contributed by atoms with E-state index in [-0.39, 0.29) is 6.54 Å². The normalized spacial score (nSPS) is 15.3. The van der Waals surface area contributed by atoms with E-state index < -0.39 is 16.1 Å². The van der Waals surface area contributed by atoms with Gasteiger partial charge in [0, 0.05) is 38.6 Å². The van der Waals surface area contributed by atoms with Gasteiger partial charge in [-0.05, 0) is 37.1 Å². The summed E-state index contributed by atoms with van der Waals surface area (Å²) >= 11 is 0. The molecule has 0 unspecified atom stereocenters. The molecule has 7 nitrogen and oxygen atoms in total. The van der Waals surface area contributed by atoms with E-state index in [2.05, 4.69) is 14.9 Å². The van der Waals surface area contributed by atoms with Crippen molar-refractivity contribution in [3.05, 3.63) is 24.3 Å². The molecular formula is C14H22N4O3S. The first-order valence-electron chi connectivity index (χ1n) is 7.20. The molecule has 1 aliphatic rings. The molecule has 1 heterocycles. The number of benzene rings is 1. The summed E-state index contributed by atoms with van der Waals surface area (Å²) in [6, 6.07) is 7.58. The minimum Gasteiger partial charge on any atom is -0.372 e. The van der Waals surface area contributed by atoms with Gasteiger partial charge in [0.25, 0.3) is 10.2 Å². The molecule has 1 aromatic carbocycles. The average molecular weight is 326 g/mol. The molecular weight excluding hydrogens is 304 g/mol. The molecule has 1 aliphatic heterocycles. The van der Waals surface area contributed by atoms with Crippen LogP contribution in [0.15, 0.2) is 24.3 Å². The number of carbonyl (C=O) groups is 1. The summed E-state index contributed by atoms with van der Waals surface area (Å²) in [6.45, 7) is 1.84. The number of nitrogens with one attached hydrogen (secondary N) is 2. The Bertz CT molecular complexity index is 607. The van der Waals surface area contributed by atoms with Gasteiger partial charge in [0.2, 0.25) is 5.91 Å². The zero-order valence-corrected chi connectivity index (χ0v) is 13.7. The summed E-state index contributed by atoms with van der Waals surface area (Å²) < 4.78 is 26.2. The maximum absolute atomic E-state index is 11.8. The van der Waals surface area contributed by atoms with Gasteiger partial charge in [0.05, 0.1) is 6.54 Å². The van der Waals surface area contributed by atoms with Gasteiger partial charge < -0.3 is 10.2 Å². The van der Waals surface area contributed by atoms with E-state index in [4.69, 9.17) is 0 Å². The molecule has 8 heteroatoms. The Balaban J connectivity index is 1.86. The second-order valence-corrected chi connectivity index (χ2v) is 7.37. The van der Waals surface area contributed by atoms with E-state index in [1.165, 1.54) is 26.9 Å². The smallest absolute Gasteiger partial charge is 0.279 e. The Morgan fingerprint density at radius 2 is 1.77 bits per heavy atom. The molecule has 1 aromatic rings. The monoisotopic (exact) mass is 326 g/mol. The summed E-state index contributed by atoms with van der Waals surface area (Å²) in [6.07, 6.45) is 2.43. The largest absolute Gasteiger partial charge is 0.372 e. The second kappa shape index (κ2) is 7.08. The Kier molecular flexibility index (Phi) is 5.38. The molecule has 0 bridgehead atoms. The van der Waals surface area contributed by atoms with Crippen LogP contribution in [0.3, 0.4) is 0 Å². The van der Waals surface area contributed by atoms with Crippen LogP contribution >= 0.6 is 0 Å². The van der Waals surface area contributed by atoms with Gasteiger partial charge in [0.1, 0.15) is 0 Å². The molecule has 0 atom stereocenters. The number of hydrogen-bond donors (Lipinski definition) is 2. The van der Waals surface area contributed by atoms with Crippen molar-refractivity contribution < 1.29 is 13.2 Å². The zero-order valence-electron chi connectivity index (χ0n) is 12.9. The van der Waals surface area contributed by atoms with E-state index in [1.54, 1.807) is 0 Å². The maximum atomic E-state index is 11.8. The molecule has 22 heavy (non-hydrogen) atoms. The lowest BCUT2D eigenvalue weighted by Crippen LogP contribution is -2.40. The van der Waals surface area contributed by atoms with Crippen LogP contribution in [-0.4, -0.2) is 52.4 Å². The fourth-order valence-corrected chi connectivity index (χ4v) is 2.79. The summed E-state index contributed by atoms with van der Waals surface area (Å²) in [5.74, 6) is -0.403. The molecule has 1 amide bonds. The number of nitrogens with zero attached hydrogens (tertiary/aromatic N) is 2. The number of hydrogen-bond acceptors (Lipinski definition) is 4. The summed E-state index contributed by atoms with van der Waals surface area (Å²) in [5.41, 5.74) is 1.79. The van der Waals surface area contributed by atoms with Gasteiger partial charge in [-0.2, -0.15) is 17.4 Å². The predicted molar refractivity (Wildman–Crippen MR) is 87.1 cm³/mol. The first-order chi connectivity index (χ1) is 10.4. The van der Waals surface area contributed by atoms with Crippen LogP contribution in [0.4, 0.5) is 11.4 Å². The van der Waals surface area contributed by atoms with Gasteiger partial charge in [-0.25, -0.2) is 0 Å². The third-order valence-corrected chi connectivity index (χ3v) is 4.99. The Morgan fingerprint density at radius 3 is 2.32 bits per heavy atom. The quantitative estimate of drug-likeness (QED) is 0.803. The van der Waals surface area contributed by atoms with Gasteiger partial charge in [0.15, 0.2) is 0 Å². The molecule has 0 saturated carbocycles. The number of rotatable bonds is 6. The molecule has 2 rings (SSSR count). The summed E-state index contributed by atoms with van der Waals surface area (Å²) in [4.78, 5) is 14.1. The Morgan fingerprint density at radius 1 is 1.18 bits per heavy atom. The van der Waals surface area contributed by atoms with Crippen LogP contribution < -0.4 is 14.9 Å². The lowest BCUT2D eigenvalue weighted by Gasteiger charge is -2.18. The van der Waals surface area contributed by atoms with Gasteiger partial charge in [-0.15, -0.1) is 0 Å². The molecule has 1 saturated heterocycles. The molecule has 0 aliphatic carbocycles. The third kappa shape index (κ3) is 4.43. The Labute approximate surface area is 131 Å². The summed E-state index contributed by atoms with van der Waals surface area (Å²) in [7, 11) is -0.787. The molecule has 0 radical (unpaired) electrons. The van der Waals surface area contributed by atoms with E-state index in [0.717, 1.165) is 23.1 Å².